The lowest BCUT2D eigenvalue weighted by molar-refractivity contribution is -0.914. The van der Waals surface area contributed by atoms with Crippen LogP contribution < -0.4 is 10.3 Å². The number of H-pyrrole nitrogens is 1. The Hall–Kier alpha value is -7.15. The molecule has 0 aromatic carbocycles. The molecule has 0 aliphatic carbocycles. The van der Waals surface area contributed by atoms with Crippen LogP contribution in [-0.4, -0.2) is 99.0 Å². The summed E-state index contributed by atoms with van der Waals surface area (Å²) in [7, 11) is -6.95. The van der Waals surface area contributed by atoms with Gasteiger partial charge in [-0.1, -0.05) is 13.8 Å². The Morgan fingerprint density at radius 2 is 1.07 bits per heavy atom. The maximum Gasteiger partial charge on any atom is 0.491 e. The second-order valence-corrected chi connectivity index (χ2v) is 18.6. The highest BCUT2D eigenvalue weighted by Crippen LogP contribution is 2.38. The number of halogens is 19. The molecule has 0 saturated heterocycles. The number of imidazole rings is 2. The van der Waals surface area contributed by atoms with Gasteiger partial charge in [-0.3, -0.25) is 24.4 Å². The second-order valence-electron chi connectivity index (χ2n) is 14.1. The number of nitrogens with zero attached hydrogens (tertiary/aromatic N) is 7. The summed E-state index contributed by atoms with van der Waals surface area (Å²) < 4.78 is 293. The van der Waals surface area contributed by atoms with E-state index in [-0.39, 0.29) is 32.9 Å². The number of nitrogens with one attached hydrogen (secondary N) is 1. The predicted molar refractivity (Wildman–Crippen MR) is 212 cm³/mol. The molecule has 0 aliphatic heterocycles. The van der Waals surface area contributed by atoms with Gasteiger partial charge in [0.2, 0.25) is 6.20 Å². The number of fused-ring (bicyclic) bond motifs is 2. The van der Waals surface area contributed by atoms with Crippen LogP contribution in [0.1, 0.15) is 37.7 Å². The van der Waals surface area contributed by atoms with Crippen molar-refractivity contribution in [2.24, 2.45) is 14.1 Å². The third-order valence-corrected chi connectivity index (χ3v) is 12.7. The average molecular weight is 1150 g/mol. The van der Waals surface area contributed by atoms with Gasteiger partial charge in [-0.25, -0.2) is 36.4 Å². The van der Waals surface area contributed by atoms with Crippen molar-refractivity contribution in [3.8, 4) is 23.0 Å². The van der Waals surface area contributed by atoms with Crippen LogP contribution in [0.5, 0.6) is 0 Å². The molecule has 2 N–H and O–H groups in total. The Morgan fingerprint density at radius 1 is 0.667 bits per heavy atom. The average Bonchev–Trinajstić information content (AvgIpc) is 3.79. The van der Waals surface area contributed by atoms with Crippen LogP contribution in [0.3, 0.4) is 0 Å². The number of aromatic nitrogens is 8. The molecular formula is C37H28F19N8O9S2+. The third-order valence-electron chi connectivity index (χ3n) is 9.26. The summed E-state index contributed by atoms with van der Waals surface area (Å²) in [5, 5.41) is 9.62. The molecule has 17 nitrogen and oxygen atoms in total. The molecular weight excluding hydrogens is 1130 g/mol. The van der Waals surface area contributed by atoms with Gasteiger partial charge in [0.25, 0.3) is 5.56 Å². The van der Waals surface area contributed by atoms with Crippen LogP contribution in [0.2, 0.25) is 0 Å². The Balaban J connectivity index is 0.000000314. The minimum atomic E-state index is -5.62. The Bertz CT molecular complexity index is 3420. The van der Waals surface area contributed by atoms with Crippen molar-refractivity contribution >= 4 is 53.7 Å². The minimum Gasteiger partial charge on any atom is -0.380 e. The molecule has 0 spiro atoms. The lowest BCUT2D eigenvalue weighted by Crippen LogP contribution is -2.39. The fourth-order valence-corrected chi connectivity index (χ4v) is 7.84. The molecule has 0 bridgehead atoms. The van der Waals surface area contributed by atoms with Gasteiger partial charge in [0, 0.05) is 37.3 Å². The first-order valence-electron chi connectivity index (χ1n) is 19.7. The topological polar surface area (TPSA) is 230 Å². The van der Waals surface area contributed by atoms with E-state index in [0.717, 1.165) is 9.13 Å². The summed E-state index contributed by atoms with van der Waals surface area (Å²) in [4.78, 5) is 46.5. The van der Waals surface area contributed by atoms with E-state index in [1.165, 1.54) is 27.9 Å². The van der Waals surface area contributed by atoms with E-state index >= 15 is 0 Å². The maximum absolute atomic E-state index is 13.0. The van der Waals surface area contributed by atoms with Gasteiger partial charge in [-0.15, -0.1) is 0 Å². The highest BCUT2D eigenvalue weighted by Gasteiger charge is 2.49. The lowest BCUT2D eigenvalue weighted by atomic mass is 10.2. The van der Waals surface area contributed by atoms with Gasteiger partial charge in [-0.2, -0.15) is 79.0 Å². The molecule has 6 aromatic rings. The normalized spacial score (nSPS) is 13.0. The molecule has 0 unspecified atom stereocenters. The summed E-state index contributed by atoms with van der Waals surface area (Å²) in [5.74, 6) is -8.17. The standard InChI is InChI=1S/C16H13F6N4O3S.C16H12F6N4O3S.C4F6O3.CH3F/c1-3-30(28,29)11-4-8(15(17,18)19)6-23-13(11)14-24-9-5-12(16(20,21)22)26(27)7-10(9)25(14)2;1-3-30(28,29)9-4-7(15(17,18)19)6-23-11(9)13-24-8-5-10(16(20,21)22)25-14(27)12(8)26(13)2;5-3(6,7)1(11)13-2(12)4(8,9)10;1-2/h4-7,27H,3H2,1-2H3;4-6H,3H2,1-2H3,(H,25,27);;1H3/q+1;;;/i;;;1D. The fraction of sp³-hybridized carbons (Fsp3) is 0.351. The largest absolute Gasteiger partial charge is 0.491 e. The summed E-state index contributed by atoms with van der Waals surface area (Å²) >= 11 is 0. The number of carbonyl (C=O) groups excluding carboxylic acids is 2. The van der Waals surface area contributed by atoms with Crippen molar-refractivity contribution in [2.45, 2.75) is 60.7 Å². The highest BCUT2D eigenvalue weighted by atomic mass is 32.2. The number of hydrogen-bond acceptors (Lipinski definition) is 13. The minimum absolute atomic E-state index is 0.0398. The van der Waals surface area contributed by atoms with E-state index in [0.29, 0.717) is 42.9 Å². The molecule has 6 aromatic heterocycles. The third kappa shape index (κ3) is 14.2. The zero-order valence-electron chi connectivity index (χ0n) is 38.0. The zero-order valence-corrected chi connectivity index (χ0v) is 38.6. The number of sulfone groups is 2. The van der Waals surface area contributed by atoms with Gasteiger partial charge in [-0.05, 0) is 18.2 Å². The predicted octanol–water partition coefficient (Wildman–Crippen LogP) is 7.91. The molecule has 0 aliphatic rings. The van der Waals surface area contributed by atoms with Crippen molar-refractivity contribution in [2.75, 3.05) is 18.7 Å². The van der Waals surface area contributed by atoms with Crippen LogP contribution in [0.25, 0.3) is 45.1 Å². The number of carbonyl (C=O) groups is 2. The molecule has 75 heavy (non-hydrogen) atoms. The van der Waals surface area contributed by atoms with Gasteiger partial charge in [0.05, 0.1) is 46.5 Å². The highest BCUT2D eigenvalue weighted by molar-refractivity contribution is 7.91. The number of esters is 2. The van der Waals surface area contributed by atoms with Crippen molar-refractivity contribution in [1.82, 2.24) is 34.1 Å². The fourth-order valence-electron chi connectivity index (χ4n) is 5.72. The van der Waals surface area contributed by atoms with Gasteiger partial charge in [0.1, 0.15) is 33.6 Å². The molecule has 6 heterocycles. The molecule has 38 heteroatoms. The van der Waals surface area contributed by atoms with E-state index in [2.05, 4.69) is 24.7 Å². The van der Waals surface area contributed by atoms with Crippen molar-refractivity contribution in [1.29, 1.82) is 0 Å². The summed E-state index contributed by atoms with van der Waals surface area (Å²) in [6, 6.07) is 1.86. The zero-order chi connectivity index (χ0) is 58.9. The molecule has 414 valence electrons. The smallest absolute Gasteiger partial charge is 0.380 e. The monoisotopic (exact) mass is 1150 g/mol. The van der Waals surface area contributed by atoms with E-state index < -0.39 is 142 Å². The van der Waals surface area contributed by atoms with Crippen LogP contribution in [0.15, 0.2) is 57.4 Å². The van der Waals surface area contributed by atoms with Crippen molar-refractivity contribution in [3.05, 3.63) is 75.7 Å². The number of ether oxygens (including phenoxy) is 1. The van der Waals surface area contributed by atoms with Crippen molar-refractivity contribution < 1.29 is 126 Å². The number of pyridine rings is 4. The first-order chi connectivity index (χ1) is 34.3. The van der Waals surface area contributed by atoms with Crippen LogP contribution in [0, 0.1) is 0 Å². The maximum atomic E-state index is 13.0. The Morgan fingerprint density at radius 3 is 1.43 bits per heavy atom. The van der Waals surface area contributed by atoms with Gasteiger partial charge < -0.3 is 18.9 Å². The Labute approximate surface area is 405 Å². The van der Waals surface area contributed by atoms with E-state index in [4.69, 9.17) is 1.37 Å². The van der Waals surface area contributed by atoms with E-state index in [9.17, 15) is 120 Å². The number of hydrogen-bond donors (Lipinski definition) is 2. The second kappa shape index (κ2) is 21.6. The molecule has 0 atom stereocenters. The number of aryl methyl sites for hydroxylation is 2. The van der Waals surface area contributed by atoms with Crippen LogP contribution in [-0.2, 0) is 72.8 Å². The molecule has 0 fully saturated rings. The van der Waals surface area contributed by atoms with Gasteiger partial charge >= 0.3 is 54.7 Å². The molecule has 0 radical (unpaired) electrons. The molecule has 0 amide bonds. The molecule has 6 rings (SSSR count). The SMILES string of the molecule is CCS(=O)(=O)c1cc(C(F)(F)F)cnc1-c1nc2cc(C(F)(F)F)[n+](O)cc2n1C.CCS(=O)(=O)c1cc(C(F)(F)F)cnc1-c1nc2cc(C(F)(F)F)[nH]c(=O)c2n1C.O=C(OC(=O)C(F)(F)F)C(F)(F)F.[2H]CF. The lowest BCUT2D eigenvalue weighted by Gasteiger charge is -2.12. The summed E-state index contributed by atoms with van der Waals surface area (Å²) in [5.41, 5.74) is -8.66. The number of rotatable bonds is 6. The summed E-state index contributed by atoms with van der Waals surface area (Å²) in [6.45, 7) is 2.42. The van der Waals surface area contributed by atoms with E-state index in [1.54, 1.807) is 4.98 Å². The number of alkyl halides is 19. The van der Waals surface area contributed by atoms with Crippen LogP contribution >= 0.6 is 0 Å². The number of aromatic amines is 1. The summed E-state index contributed by atoms with van der Waals surface area (Å²) in [6.07, 6.45) is -29.3. The van der Waals surface area contributed by atoms with Crippen LogP contribution in [0.4, 0.5) is 83.4 Å². The molecule has 0 saturated carbocycles. The first-order valence-corrected chi connectivity index (χ1v) is 22.3. The van der Waals surface area contributed by atoms with Gasteiger partial charge in [0.15, 0.2) is 31.3 Å². The quantitative estimate of drug-likeness (QED) is 0.0532. The first kappa shape index (κ1) is 60.4. The Kier molecular flexibility index (Phi) is 17.4. The van der Waals surface area contributed by atoms with Crippen molar-refractivity contribution in [3.63, 3.8) is 0 Å². The van der Waals surface area contributed by atoms with E-state index in [1.807, 2.05) is 0 Å².